The first-order valence-electron chi connectivity index (χ1n) is 9.87. The van der Waals surface area contributed by atoms with Gasteiger partial charge in [-0.25, -0.2) is 4.99 Å². The molecule has 0 aliphatic carbocycles. The van der Waals surface area contributed by atoms with Gasteiger partial charge in [0.2, 0.25) is 0 Å². The molecule has 1 aliphatic heterocycles. The van der Waals surface area contributed by atoms with Crippen LogP contribution in [0.4, 0.5) is 5.69 Å². The summed E-state index contributed by atoms with van der Waals surface area (Å²) in [6.07, 6.45) is 1.23. The van der Waals surface area contributed by atoms with Crippen LogP contribution in [0, 0.1) is 0 Å². The molecule has 3 N–H and O–H groups in total. The van der Waals surface area contributed by atoms with Crippen molar-refractivity contribution in [1.29, 1.82) is 0 Å². The van der Waals surface area contributed by atoms with Crippen LogP contribution in [0.15, 0.2) is 95.5 Å². The maximum absolute atomic E-state index is 13.1. The molecule has 6 nitrogen and oxygen atoms in total. The normalized spacial score (nSPS) is 15.6. The first-order chi connectivity index (χ1) is 15.5. The van der Waals surface area contributed by atoms with Crippen LogP contribution < -0.4 is 10.6 Å². The Balaban J connectivity index is 1.62. The van der Waals surface area contributed by atoms with Crippen molar-refractivity contribution < 1.29 is 14.7 Å². The highest BCUT2D eigenvalue weighted by molar-refractivity contribution is 7.80. The standard InChI is InChI=1S/C25H19N3O3S/c29-22(16-9-3-1-4-10-16)19(23(30)17-11-5-2-6-12-17)15-26-25(32)28-21-18-13-7-8-14-20(18)27-24(21)31/h1-15,21,29H,(H,27,31)(H,28,32)/b22-19-,26-15+. The Kier molecular flexibility index (Phi) is 6.19. The van der Waals surface area contributed by atoms with E-state index in [-0.39, 0.29) is 22.4 Å². The Morgan fingerprint density at radius 3 is 2.22 bits per heavy atom. The number of fused-ring (bicyclic) bond motifs is 1. The zero-order valence-corrected chi connectivity index (χ0v) is 17.7. The quantitative estimate of drug-likeness (QED) is 0.179. The van der Waals surface area contributed by atoms with Crippen LogP contribution >= 0.6 is 12.2 Å². The van der Waals surface area contributed by atoms with Crippen molar-refractivity contribution in [3.05, 3.63) is 107 Å². The van der Waals surface area contributed by atoms with Crippen molar-refractivity contribution in [1.82, 2.24) is 5.32 Å². The molecule has 158 valence electrons. The third-order valence-electron chi connectivity index (χ3n) is 4.95. The highest BCUT2D eigenvalue weighted by atomic mass is 32.1. The van der Waals surface area contributed by atoms with Crippen molar-refractivity contribution in [2.45, 2.75) is 6.04 Å². The van der Waals surface area contributed by atoms with Crippen molar-refractivity contribution in [3.63, 3.8) is 0 Å². The van der Waals surface area contributed by atoms with Crippen LogP contribution in [0.5, 0.6) is 0 Å². The summed E-state index contributed by atoms with van der Waals surface area (Å²) < 4.78 is 0. The van der Waals surface area contributed by atoms with Gasteiger partial charge in [-0.15, -0.1) is 0 Å². The van der Waals surface area contributed by atoms with E-state index in [9.17, 15) is 14.7 Å². The lowest BCUT2D eigenvalue weighted by Crippen LogP contribution is -2.31. The van der Waals surface area contributed by atoms with E-state index >= 15 is 0 Å². The van der Waals surface area contributed by atoms with E-state index in [1.807, 2.05) is 24.3 Å². The monoisotopic (exact) mass is 441 g/mol. The number of rotatable bonds is 5. The van der Waals surface area contributed by atoms with Crippen molar-refractivity contribution in [2.24, 2.45) is 4.99 Å². The number of nitrogens with one attached hydrogen (secondary N) is 2. The molecule has 0 bridgehead atoms. The number of ketones is 1. The van der Waals surface area contributed by atoms with Gasteiger partial charge in [0, 0.05) is 28.6 Å². The summed E-state index contributed by atoms with van der Waals surface area (Å²) in [6.45, 7) is 0. The number of carbonyl (C=O) groups is 2. The number of benzene rings is 3. The third kappa shape index (κ3) is 4.48. The molecule has 0 spiro atoms. The molecule has 1 heterocycles. The Morgan fingerprint density at radius 2 is 1.53 bits per heavy atom. The van der Waals surface area contributed by atoms with Gasteiger partial charge in [-0.1, -0.05) is 78.9 Å². The summed E-state index contributed by atoms with van der Waals surface area (Å²) in [5.74, 6) is -0.857. The molecule has 3 aromatic carbocycles. The molecule has 1 unspecified atom stereocenters. The summed E-state index contributed by atoms with van der Waals surface area (Å²) in [4.78, 5) is 29.6. The van der Waals surface area contributed by atoms with Gasteiger partial charge in [-0.2, -0.15) is 0 Å². The van der Waals surface area contributed by atoms with E-state index in [0.717, 1.165) is 5.56 Å². The summed E-state index contributed by atoms with van der Waals surface area (Å²) in [6, 6.07) is 23.9. The Morgan fingerprint density at radius 1 is 0.938 bits per heavy atom. The fraction of sp³-hybridized carbons (Fsp3) is 0.0400. The average Bonchev–Trinajstić information content (AvgIpc) is 3.15. The number of aliphatic hydroxyl groups is 1. The summed E-state index contributed by atoms with van der Waals surface area (Å²) in [7, 11) is 0. The number of aliphatic hydroxyl groups excluding tert-OH is 1. The molecule has 0 aromatic heterocycles. The smallest absolute Gasteiger partial charge is 0.251 e. The first-order valence-corrected chi connectivity index (χ1v) is 10.3. The lowest BCUT2D eigenvalue weighted by molar-refractivity contribution is -0.117. The molecule has 1 aliphatic rings. The minimum Gasteiger partial charge on any atom is -0.506 e. The second-order valence-corrected chi connectivity index (χ2v) is 7.43. The minimum atomic E-state index is -0.684. The number of nitrogens with zero attached hydrogens (tertiary/aromatic N) is 1. The number of anilines is 1. The van der Waals surface area contributed by atoms with Crippen molar-refractivity contribution >= 4 is 46.7 Å². The van der Waals surface area contributed by atoms with Gasteiger partial charge in [0.05, 0.1) is 5.57 Å². The molecule has 0 fully saturated rings. The molecular formula is C25H19N3O3S. The van der Waals surface area contributed by atoms with E-state index in [4.69, 9.17) is 12.2 Å². The second kappa shape index (κ2) is 9.36. The molecule has 3 aromatic rings. The zero-order chi connectivity index (χ0) is 22.5. The molecule has 4 rings (SSSR count). The summed E-state index contributed by atoms with van der Waals surface area (Å²) >= 11 is 5.29. The number of carbonyl (C=O) groups excluding carboxylic acids is 2. The van der Waals surface area contributed by atoms with Crippen LogP contribution in [0.3, 0.4) is 0 Å². The lowest BCUT2D eigenvalue weighted by atomic mass is 10.0. The van der Waals surface area contributed by atoms with E-state index in [1.54, 1.807) is 60.7 Å². The molecule has 7 heteroatoms. The fourth-order valence-corrected chi connectivity index (χ4v) is 3.53. The molecule has 0 saturated heterocycles. The largest absolute Gasteiger partial charge is 0.506 e. The van der Waals surface area contributed by atoms with Crippen LogP contribution in [0.25, 0.3) is 5.76 Å². The van der Waals surface area contributed by atoms with Gasteiger partial charge >= 0.3 is 0 Å². The highest BCUT2D eigenvalue weighted by Crippen LogP contribution is 2.30. The zero-order valence-electron chi connectivity index (χ0n) is 16.9. The summed E-state index contributed by atoms with van der Waals surface area (Å²) in [5.41, 5.74) is 2.34. The Hall–Kier alpha value is -4.10. The van der Waals surface area contributed by atoms with Crippen molar-refractivity contribution in [3.8, 4) is 0 Å². The molecule has 0 radical (unpaired) electrons. The first kappa shape index (κ1) is 21.1. The number of hydrogen-bond donors (Lipinski definition) is 3. The lowest BCUT2D eigenvalue weighted by Gasteiger charge is -2.11. The topological polar surface area (TPSA) is 90.8 Å². The van der Waals surface area contributed by atoms with Crippen LogP contribution in [0.2, 0.25) is 0 Å². The van der Waals surface area contributed by atoms with Crippen molar-refractivity contribution in [2.75, 3.05) is 5.32 Å². The number of aliphatic imine (C=N–C) groups is 1. The summed E-state index contributed by atoms with van der Waals surface area (Å²) in [5, 5.41) is 16.5. The number of thiocarbonyl (C=S) groups is 1. The third-order valence-corrected chi connectivity index (χ3v) is 5.18. The second-order valence-electron chi connectivity index (χ2n) is 7.04. The van der Waals surface area contributed by atoms with Gasteiger partial charge in [0.1, 0.15) is 11.8 Å². The minimum absolute atomic E-state index is 0.0113. The van der Waals surface area contributed by atoms with Gasteiger partial charge in [-0.3, -0.25) is 9.59 Å². The Labute approximate surface area is 190 Å². The molecule has 1 atom stereocenters. The van der Waals surface area contributed by atoms with Gasteiger partial charge in [0.25, 0.3) is 5.91 Å². The molecule has 32 heavy (non-hydrogen) atoms. The maximum Gasteiger partial charge on any atom is 0.251 e. The van der Waals surface area contributed by atoms with Gasteiger partial charge in [0.15, 0.2) is 10.9 Å². The van der Waals surface area contributed by atoms with E-state index in [1.165, 1.54) is 6.21 Å². The highest BCUT2D eigenvalue weighted by Gasteiger charge is 2.30. The van der Waals surface area contributed by atoms with Gasteiger partial charge < -0.3 is 15.7 Å². The van der Waals surface area contributed by atoms with Gasteiger partial charge in [-0.05, 0) is 18.3 Å². The van der Waals surface area contributed by atoms with Crippen LogP contribution in [0.1, 0.15) is 27.5 Å². The van der Waals surface area contributed by atoms with E-state index in [0.29, 0.717) is 16.8 Å². The van der Waals surface area contributed by atoms with E-state index in [2.05, 4.69) is 15.6 Å². The number of Topliss-reactive ketones (excluding diaryl/α,β-unsaturated/α-hetero) is 1. The molecular weight excluding hydrogens is 422 g/mol. The van der Waals surface area contributed by atoms with Crippen LogP contribution in [-0.2, 0) is 4.79 Å². The number of hydrogen-bond acceptors (Lipinski definition) is 4. The maximum atomic E-state index is 13.1. The SMILES string of the molecule is O=C(C(/C=N/C(=S)NC1C(=O)Nc2ccccc21)=C(\O)c1ccccc1)c1ccccc1. The predicted molar refractivity (Wildman–Crippen MR) is 129 cm³/mol. The molecule has 0 saturated carbocycles. The number of allylic oxidation sites excluding steroid dienone is 1. The average molecular weight is 442 g/mol. The fourth-order valence-electron chi connectivity index (χ4n) is 3.36. The number of para-hydroxylation sites is 1. The molecule has 1 amide bonds. The van der Waals surface area contributed by atoms with E-state index < -0.39 is 11.8 Å². The Bertz CT molecular complexity index is 1240. The predicted octanol–water partition coefficient (Wildman–Crippen LogP) is 4.48. The number of amides is 1. The van der Waals surface area contributed by atoms with Crippen LogP contribution in [-0.4, -0.2) is 28.1 Å².